The van der Waals surface area contributed by atoms with Crippen LogP contribution < -0.4 is 5.73 Å². The minimum Gasteiger partial charge on any atom is -0.326 e. The van der Waals surface area contributed by atoms with E-state index in [1.807, 2.05) is 0 Å². The lowest BCUT2D eigenvalue weighted by Gasteiger charge is -2.37. The second kappa shape index (κ2) is 5.65. The number of aryl methyl sites for hydroxylation is 1. The molecule has 2 N–H and O–H groups in total. The maximum Gasteiger partial charge on any atom is 0.0496 e. The number of benzene rings is 1. The van der Waals surface area contributed by atoms with E-state index in [1.165, 1.54) is 43.5 Å². The molecular weight excluding hydrogens is 208 g/mol. The van der Waals surface area contributed by atoms with Crippen molar-refractivity contribution in [3.8, 4) is 0 Å². The lowest BCUT2D eigenvalue weighted by molar-refractivity contribution is 0.146. The molecule has 1 saturated heterocycles. The lowest BCUT2D eigenvalue weighted by Crippen LogP contribution is -2.42. The van der Waals surface area contributed by atoms with Crippen molar-refractivity contribution in [1.82, 2.24) is 4.90 Å². The van der Waals surface area contributed by atoms with Gasteiger partial charge in [-0.05, 0) is 45.3 Å². The lowest BCUT2D eigenvalue weighted by atomic mass is 9.96. The summed E-state index contributed by atoms with van der Waals surface area (Å²) in [6.07, 6.45) is 4.00. The van der Waals surface area contributed by atoms with Crippen LogP contribution in [0.2, 0.25) is 0 Å². The van der Waals surface area contributed by atoms with E-state index in [0.29, 0.717) is 6.04 Å². The Bertz CT molecular complexity index is 336. The van der Waals surface area contributed by atoms with Gasteiger partial charge in [-0.15, -0.1) is 0 Å². The second-order valence-corrected chi connectivity index (χ2v) is 5.31. The zero-order valence-electron chi connectivity index (χ0n) is 11.0. The van der Waals surface area contributed by atoms with E-state index in [0.717, 1.165) is 0 Å². The highest BCUT2D eigenvalue weighted by atomic mass is 15.2. The third kappa shape index (κ3) is 3.08. The fourth-order valence-corrected chi connectivity index (χ4v) is 2.81. The summed E-state index contributed by atoms with van der Waals surface area (Å²) in [6, 6.07) is 9.42. The third-order valence-corrected chi connectivity index (χ3v) is 3.70. The summed E-state index contributed by atoms with van der Waals surface area (Å²) in [5, 5.41) is 0. The molecule has 1 fully saturated rings. The molecule has 1 aromatic carbocycles. The van der Waals surface area contributed by atoms with Gasteiger partial charge >= 0.3 is 0 Å². The van der Waals surface area contributed by atoms with Crippen LogP contribution in [0.3, 0.4) is 0 Å². The summed E-state index contributed by atoms with van der Waals surface area (Å²) in [4.78, 5) is 2.55. The Morgan fingerprint density at radius 1 is 1.06 bits per heavy atom. The Morgan fingerprint density at radius 3 is 2.18 bits per heavy atom. The number of hydrogen-bond donors (Lipinski definition) is 1. The zero-order chi connectivity index (χ0) is 12.3. The van der Waals surface area contributed by atoms with Crippen LogP contribution in [-0.2, 0) is 0 Å². The van der Waals surface area contributed by atoms with Crippen LogP contribution in [0.15, 0.2) is 24.3 Å². The fourth-order valence-electron chi connectivity index (χ4n) is 2.81. The Kier molecular flexibility index (Phi) is 4.19. The van der Waals surface area contributed by atoms with Crippen molar-refractivity contribution in [2.75, 3.05) is 13.1 Å². The van der Waals surface area contributed by atoms with E-state index in [-0.39, 0.29) is 6.04 Å². The SMILES string of the molecule is Cc1ccc(C(C(C)N)N2CCCCC2)cc1. The number of likely N-dealkylation sites (tertiary alicyclic amines) is 1. The van der Waals surface area contributed by atoms with E-state index in [2.05, 4.69) is 43.0 Å². The van der Waals surface area contributed by atoms with Crippen molar-refractivity contribution in [3.05, 3.63) is 35.4 Å². The van der Waals surface area contributed by atoms with Gasteiger partial charge in [0, 0.05) is 12.1 Å². The molecule has 2 unspecified atom stereocenters. The molecular formula is C15H24N2. The van der Waals surface area contributed by atoms with Crippen LogP contribution in [0.25, 0.3) is 0 Å². The first-order chi connectivity index (χ1) is 8.18. The Morgan fingerprint density at radius 2 is 1.65 bits per heavy atom. The van der Waals surface area contributed by atoms with Gasteiger partial charge in [-0.25, -0.2) is 0 Å². The van der Waals surface area contributed by atoms with Gasteiger partial charge in [-0.2, -0.15) is 0 Å². The Hall–Kier alpha value is -0.860. The number of piperidine rings is 1. The zero-order valence-corrected chi connectivity index (χ0v) is 11.0. The van der Waals surface area contributed by atoms with Gasteiger partial charge in [0.15, 0.2) is 0 Å². The molecule has 17 heavy (non-hydrogen) atoms. The van der Waals surface area contributed by atoms with E-state index in [9.17, 15) is 0 Å². The van der Waals surface area contributed by atoms with Crippen LogP contribution in [0.5, 0.6) is 0 Å². The van der Waals surface area contributed by atoms with Crippen molar-refractivity contribution < 1.29 is 0 Å². The number of nitrogens with two attached hydrogens (primary N) is 1. The molecule has 1 heterocycles. The first-order valence-electron chi connectivity index (χ1n) is 6.74. The van der Waals surface area contributed by atoms with E-state index in [4.69, 9.17) is 5.73 Å². The highest BCUT2D eigenvalue weighted by molar-refractivity contribution is 5.25. The number of rotatable bonds is 3. The smallest absolute Gasteiger partial charge is 0.0496 e. The highest BCUT2D eigenvalue weighted by Gasteiger charge is 2.24. The van der Waals surface area contributed by atoms with Gasteiger partial charge in [0.25, 0.3) is 0 Å². The first-order valence-corrected chi connectivity index (χ1v) is 6.74. The van der Waals surface area contributed by atoms with Gasteiger partial charge in [0.2, 0.25) is 0 Å². The maximum atomic E-state index is 6.20. The molecule has 94 valence electrons. The summed E-state index contributed by atoms with van der Waals surface area (Å²) in [6.45, 7) is 6.64. The van der Waals surface area contributed by atoms with E-state index in [1.54, 1.807) is 0 Å². The summed E-state index contributed by atoms with van der Waals surface area (Å²) in [5.74, 6) is 0. The standard InChI is InChI=1S/C15H24N2/c1-12-6-8-14(9-7-12)15(13(2)16)17-10-4-3-5-11-17/h6-9,13,15H,3-5,10-11,16H2,1-2H3. The molecule has 1 aromatic rings. The van der Waals surface area contributed by atoms with Crippen LogP contribution in [-0.4, -0.2) is 24.0 Å². The molecule has 2 atom stereocenters. The predicted molar refractivity (Wildman–Crippen MR) is 73.0 cm³/mol. The van der Waals surface area contributed by atoms with Crippen molar-refractivity contribution in [3.63, 3.8) is 0 Å². The van der Waals surface area contributed by atoms with E-state index < -0.39 is 0 Å². The fraction of sp³-hybridized carbons (Fsp3) is 0.600. The van der Waals surface area contributed by atoms with Crippen LogP contribution in [0.4, 0.5) is 0 Å². The molecule has 0 saturated carbocycles. The molecule has 0 aliphatic carbocycles. The summed E-state index contributed by atoms with van der Waals surface area (Å²) >= 11 is 0. The molecule has 0 spiro atoms. The number of nitrogens with zero attached hydrogens (tertiary/aromatic N) is 1. The Labute approximate surface area is 105 Å². The van der Waals surface area contributed by atoms with Gasteiger partial charge in [-0.1, -0.05) is 36.2 Å². The molecule has 1 aliphatic rings. The van der Waals surface area contributed by atoms with Crippen LogP contribution in [0.1, 0.15) is 43.4 Å². The first kappa shape index (κ1) is 12.6. The summed E-state index contributed by atoms with van der Waals surface area (Å²) < 4.78 is 0. The molecule has 0 amide bonds. The van der Waals surface area contributed by atoms with Crippen molar-refractivity contribution in [1.29, 1.82) is 0 Å². The highest BCUT2D eigenvalue weighted by Crippen LogP contribution is 2.26. The quantitative estimate of drug-likeness (QED) is 0.868. The minimum atomic E-state index is 0.191. The van der Waals surface area contributed by atoms with E-state index >= 15 is 0 Å². The van der Waals surface area contributed by atoms with Gasteiger partial charge in [0.1, 0.15) is 0 Å². The largest absolute Gasteiger partial charge is 0.326 e. The average Bonchev–Trinajstić information content (AvgIpc) is 2.33. The second-order valence-electron chi connectivity index (χ2n) is 5.31. The summed E-state index contributed by atoms with van der Waals surface area (Å²) in [5.41, 5.74) is 8.88. The average molecular weight is 232 g/mol. The molecule has 2 heteroatoms. The monoisotopic (exact) mass is 232 g/mol. The Balaban J connectivity index is 2.18. The van der Waals surface area contributed by atoms with Gasteiger partial charge in [0.05, 0.1) is 0 Å². The maximum absolute atomic E-state index is 6.20. The summed E-state index contributed by atoms with van der Waals surface area (Å²) in [7, 11) is 0. The van der Waals surface area contributed by atoms with Crippen molar-refractivity contribution in [2.45, 2.75) is 45.2 Å². The molecule has 0 radical (unpaired) electrons. The topological polar surface area (TPSA) is 29.3 Å². The van der Waals surface area contributed by atoms with Gasteiger partial charge in [-0.3, -0.25) is 4.90 Å². The molecule has 1 aliphatic heterocycles. The molecule has 2 nitrogen and oxygen atoms in total. The minimum absolute atomic E-state index is 0.191. The normalized spacial score (nSPS) is 21.1. The number of hydrogen-bond acceptors (Lipinski definition) is 2. The van der Waals surface area contributed by atoms with Crippen LogP contribution >= 0.6 is 0 Å². The third-order valence-electron chi connectivity index (χ3n) is 3.70. The molecule has 0 bridgehead atoms. The van der Waals surface area contributed by atoms with Gasteiger partial charge < -0.3 is 5.73 Å². The molecule has 2 rings (SSSR count). The van der Waals surface area contributed by atoms with Crippen LogP contribution in [0, 0.1) is 6.92 Å². The predicted octanol–water partition coefficient (Wildman–Crippen LogP) is 2.87. The van der Waals surface area contributed by atoms with Crippen molar-refractivity contribution in [2.24, 2.45) is 5.73 Å². The molecule has 0 aromatic heterocycles. The van der Waals surface area contributed by atoms with Crippen molar-refractivity contribution >= 4 is 0 Å².